The minimum atomic E-state index is -0.868. The fourth-order valence-corrected chi connectivity index (χ4v) is 2.11. The van der Waals surface area contributed by atoms with E-state index < -0.39 is 5.97 Å². The molecule has 1 saturated heterocycles. The third kappa shape index (κ3) is 5.16. The van der Waals surface area contributed by atoms with E-state index in [1.807, 2.05) is 0 Å². The number of carboxylic acid groups (broad SMARTS) is 1. The summed E-state index contributed by atoms with van der Waals surface area (Å²) in [7, 11) is 0. The zero-order chi connectivity index (χ0) is 13.5. The number of nitrogens with one attached hydrogen (secondary N) is 1. The fourth-order valence-electron chi connectivity index (χ4n) is 2.11. The number of carboxylic acids is 1. The summed E-state index contributed by atoms with van der Waals surface area (Å²) in [6.07, 6.45) is 2.25. The van der Waals surface area contributed by atoms with Gasteiger partial charge in [0.1, 0.15) is 0 Å². The molecule has 1 aliphatic heterocycles. The van der Waals surface area contributed by atoms with Crippen LogP contribution in [0, 0.1) is 0 Å². The predicted octanol–water partition coefficient (Wildman–Crippen LogP) is 0.368. The van der Waals surface area contributed by atoms with Crippen molar-refractivity contribution >= 4 is 17.8 Å². The first kappa shape index (κ1) is 14.5. The van der Waals surface area contributed by atoms with Crippen molar-refractivity contribution < 1.29 is 19.5 Å². The van der Waals surface area contributed by atoms with Gasteiger partial charge in [-0.1, -0.05) is 0 Å². The molecule has 6 nitrogen and oxygen atoms in total. The molecule has 0 saturated carbocycles. The van der Waals surface area contributed by atoms with Crippen molar-refractivity contribution in [3.8, 4) is 0 Å². The van der Waals surface area contributed by atoms with Gasteiger partial charge in [0.15, 0.2) is 0 Å². The monoisotopic (exact) mass is 256 g/mol. The van der Waals surface area contributed by atoms with Gasteiger partial charge in [-0.25, -0.2) is 0 Å². The lowest BCUT2D eigenvalue weighted by atomic mass is 10.0. The van der Waals surface area contributed by atoms with Crippen LogP contribution in [0.3, 0.4) is 0 Å². The summed E-state index contributed by atoms with van der Waals surface area (Å²) < 4.78 is 0. The first-order valence-corrected chi connectivity index (χ1v) is 6.25. The largest absolute Gasteiger partial charge is 0.481 e. The van der Waals surface area contributed by atoms with Gasteiger partial charge in [-0.05, 0) is 19.3 Å². The van der Waals surface area contributed by atoms with Crippen LogP contribution in [0.4, 0.5) is 0 Å². The highest BCUT2D eigenvalue weighted by Crippen LogP contribution is 2.12. The number of rotatable bonds is 5. The number of piperidine rings is 1. The topological polar surface area (TPSA) is 86.7 Å². The van der Waals surface area contributed by atoms with Crippen molar-refractivity contribution in [2.24, 2.45) is 0 Å². The Kier molecular flexibility index (Phi) is 5.61. The highest BCUT2D eigenvalue weighted by Gasteiger charge is 2.22. The lowest BCUT2D eigenvalue weighted by Crippen LogP contribution is -2.46. The molecule has 1 aliphatic rings. The van der Waals surface area contributed by atoms with Gasteiger partial charge in [0.05, 0.1) is 0 Å². The molecule has 0 aliphatic carbocycles. The molecular weight excluding hydrogens is 236 g/mol. The SMILES string of the molecule is CC(=O)NC1CCN(C(=O)CCCC(=O)O)CC1. The highest BCUT2D eigenvalue weighted by molar-refractivity contribution is 5.77. The summed E-state index contributed by atoms with van der Waals surface area (Å²) in [6.45, 7) is 2.76. The zero-order valence-corrected chi connectivity index (χ0v) is 10.6. The third-order valence-corrected chi connectivity index (χ3v) is 3.04. The number of hydrogen-bond donors (Lipinski definition) is 2. The van der Waals surface area contributed by atoms with Crippen LogP contribution in [-0.4, -0.2) is 46.9 Å². The van der Waals surface area contributed by atoms with E-state index in [0.717, 1.165) is 12.8 Å². The summed E-state index contributed by atoms with van der Waals surface area (Å²) in [6, 6.07) is 0.158. The Morgan fingerprint density at radius 1 is 1.22 bits per heavy atom. The summed E-state index contributed by atoms with van der Waals surface area (Å²) in [5, 5.41) is 11.3. The molecule has 1 rings (SSSR count). The number of carbonyl (C=O) groups excluding carboxylic acids is 2. The third-order valence-electron chi connectivity index (χ3n) is 3.04. The molecule has 0 atom stereocenters. The predicted molar refractivity (Wildman–Crippen MR) is 64.9 cm³/mol. The van der Waals surface area contributed by atoms with E-state index in [1.165, 1.54) is 6.92 Å². The first-order valence-electron chi connectivity index (χ1n) is 6.25. The number of likely N-dealkylation sites (tertiary alicyclic amines) is 1. The normalized spacial score (nSPS) is 16.4. The van der Waals surface area contributed by atoms with Crippen molar-refractivity contribution in [1.82, 2.24) is 10.2 Å². The quantitative estimate of drug-likeness (QED) is 0.744. The van der Waals surface area contributed by atoms with Crippen LogP contribution in [0.25, 0.3) is 0 Å². The van der Waals surface area contributed by atoms with Crippen LogP contribution in [0.1, 0.15) is 39.0 Å². The van der Waals surface area contributed by atoms with Gasteiger partial charge in [0.25, 0.3) is 0 Å². The summed E-state index contributed by atoms with van der Waals surface area (Å²) in [5.74, 6) is -0.897. The molecule has 0 aromatic rings. The van der Waals surface area contributed by atoms with Crippen molar-refractivity contribution in [3.05, 3.63) is 0 Å². The van der Waals surface area contributed by atoms with Crippen LogP contribution in [-0.2, 0) is 14.4 Å². The van der Waals surface area contributed by atoms with E-state index in [9.17, 15) is 14.4 Å². The van der Waals surface area contributed by atoms with Gasteiger partial charge in [-0.3, -0.25) is 14.4 Å². The Morgan fingerprint density at radius 3 is 2.33 bits per heavy atom. The van der Waals surface area contributed by atoms with Crippen LogP contribution in [0.5, 0.6) is 0 Å². The Balaban J connectivity index is 2.23. The fraction of sp³-hybridized carbons (Fsp3) is 0.750. The molecule has 1 heterocycles. The van der Waals surface area contributed by atoms with Crippen molar-refractivity contribution in [1.29, 1.82) is 0 Å². The molecule has 0 spiro atoms. The lowest BCUT2D eigenvalue weighted by Gasteiger charge is -2.32. The molecule has 2 N–H and O–H groups in total. The van der Waals surface area contributed by atoms with E-state index in [2.05, 4.69) is 5.32 Å². The van der Waals surface area contributed by atoms with Crippen molar-refractivity contribution in [2.45, 2.75) is 45.1 Å². The van der Waals surface area contributed by atoms with E-state index in [-0.39, 0.29) is 30.7 Å². The molecule has 1 fully saturated rings. The van der Waals surface area contributed by atoms with E-state index in [0.29, 0.717) is 19.5 Å². The Bertz CT molecular complexity index is 322. The summed E-state index contributed by atoms with van der Waals surface area (Å²) >= 11 is 0. The molecule has 0 aromatic carbocycles. The summed E-state index contributed by atoms with van der Waals surface area (Å²) in [5.41, 5.74) is 0. The zero-order valence-electron chi connectivity index (χ0n) is 10.6. The van der Waals surface area contributed by atoms with E-state index in [1.54, 1.807) is 4.90 Å². The van der Waals surface area contributed by atoms with Crippen LogP contribution in [0.15, 0.2) is 0 Å². The number of amides is 2. The standard InChI is InChI=1S/C12H20N2O4/c1-9(15)13-10-5-7-14(8-6-10)11(16)3-2-4-12(17)18/h10H,2-8H2,1H3,(H,13,15)(H,17,18). The molecule has 18 heavy (non-hydrogen) atoms. The maximum atomic E-state index is 11.8. The average molecular weight is 256 g/mol. The van der Waals surface area contributed by atoms with Crippen molar-refractivity contribution in [2.75, 3.05) is 13.1 Å². The van der Waals surface area contributed by atoms with Crippen LogP contribution < -0.4 is 5.32 Å². The first-order chi connectivity index (χ1) is 8.49. The van der Waals surface area contributed by atoms with Gasteiger partial charge in [0, 0.05) is 38.9 Å². The molecule has 102 valence electrons. The van der Waals surface area contributed by atoms with Gasteiger partial charge < -0.3 is 15.3 Å². The number of aliphatic carboxylic acids is 1. The van der Waals surface area contributed by atoms with Gasteiger partial charge in [-0.2, -0.15) is 0 Å². The number of hydrogen-bond acceptors (Lipinski definition) is 3. The highest BCUT2D eigenvalue weighted by atomic mass is 16.4. The van der Waals surface area contributed by atoms with Crippen LogP contribution >= 0.6 is 0 Å². The van der Waals surface area contributed by atoms with Gasteiger partial charge in [0.2, 0.25) is 11.8 Å². The number of carbonyl (C=O) groups is 3. The van der Waals surface area contributed by atoms with E-state index >= 15 is 0 Å². The number of nitrogens with zero attached hydrogens (tertiary/aromatic N) is 1. The maximum Gasteiger partial charge on any atom is 0.303 e. The molecule has 0 unspecified atom stereocenters. The van der Waals surface area contributed by atoms with Gasteiger partial charge in [-0.15, -0.1) is 0 Å². The Labute approximate surface area is 106 Å². The lowest BCUT2D eigenvalue weighted by molar-refractivity contribution is -0.137. The Hall–Kier alpha value is -1.59. The Morgan fingerprint density at radius 2 is 1.83 bits per heavy atom. The second kappa shape index (κ2) is 6.98. The second-order valence-electron chi connectivity index (χ2n) is 4.60. The van der Waals surface area contributed by atoms with Crippen molar-refractivity contribution in [3.63, 3.8) is 0 Å². The second-order valence-corrected chi connectivity index (χ2v) is 4.60. The molecule has 0 bridgehead atoms. The summed E-state index contributed by atoms with van der Waals surface area (Å²) in [4.78, 5) is 34.7. The molecule has 6 heteroatoms. The minimum Gasteiger partial charge on any atom is -0.481 e. The van der Waals surface area contributed by atoms with Crippen LogP contribution in [0.2, 0.25) is 0 Å². The molecule has 2 amide bonds. The maximum absolute atomic E-state index is 11.8. The van der Waals surface area contributed by atoms with E-state index in [4.69, 9.17) is 5.11 Å². The van der Waals surface area contributed by atoms with Gasteiger partial charge >= 0.3 is 5.97 Å². The minimum absolute atomic E-state index is 0.0116. The molecular formula is C12H20N2O4. The smallest absolute Gasteiger partial charge is 0.303 e. The molecule has 0 aromatic heterocycles. The average Bonchev–Trinajstić information content (AvgIpc) is 2.28. The molecule has 0 radical (unpaired) electrons.